The SMILES string of the molecule is Cc1ccc(CN[C@H]2C[C@H]3C(=O)N[C@H](C)C(=O)N3C2)cc1. The molecule has 1 aromatic rings. The Balaban J connectivity index is 1.60. The summed E-state index contributed by atoms with van der Waals surface area (Å²) < 4.78 is 0. The molecule has 0 aromatic heterocycles. The zero-order valence-corrected chi connectivity index (χ0v) is 12.4. The maximum absolute atomic E-state index is 12.1. The maximum Gasteiger partial charge on any atom is 0.245 e. The van der Waals surface area contributed by atoms with E-state index in [9.17, 15) is 9.59 Å². The van der Waals surface area contributed by atoms with Gasteiger partial charge in [-0.05, 0) is 25.8 Å². The van der Waals surface area contributed by atoms with Crippen molar-refractivity contribution in [2.24, 2.45) is 0 Å². The van der Waals surface area contributed by atoms with Crippen LogP contribution in [0.3, 0.4) is 0 Å². The monoisotopic (exact) mass is 287 g/mol. The number of hydrogen-bond acceptors (Lipinski definition) is 3. The van der Waals surface area contributed by atoms with E-state index in [0.29, 0.717) is 13.0 Å². The van der Waals surface area contributed by atoms with Crippen molar-refractivity contribution in [2.75, 3.05) is 6.54 Å². The lowest BCUT2D eigenvalue weighted by molar-refractivity contribution is -0.146. The highest BCUT2D eigenvalue weighted by molar-refractivity contribution is 5.97. The lowest BCUT2D eigenvalue weighted by atomic mass is 10.1. The predicted octanol–water partition coefficient (Wildman–Crippen LogP) is 0.572. The Labute approximate surface area is 124 Å². The normalized spacial score (nSPS) is 28.5. The van der Waals surface area contributed by atoms with Crippen molar-refractivity contribution in [3.63, 3.8) is 0 Å². The number of nitrogens with zero attached hydrogens (tertiary/aromatic N) is 1. The molecule has 5 nitrogen and oxygen atoms in total. The van der Waals surface area contributed by atoms with Gasteiger partial charge in [0.05, 0.1) is 0 Å². The van der Waals surface area contributed by atoms with E-state index in [4.69, 9.17) is 0 Å². The van der Waals surface area contributed by atoms with Gasteiger partial charge in [0.2, 0.25) is 11.8 Å². The number of carbonyl (C=O) groups is 2. The van der Waals surface area contributed by atoms with Gasteiger partial charge in [0.1, 0.15) is 12.1 Å². The molecule has 0 aliphatic carbocycles. The summed E-state index contributed by atoms with van der Waals surface area (Å²) in [5.74, 6) is 0.000900. The Morgan fingerprint density at radius 2 is 2.00 bits per heavy atom. The topological polar surface area (TPSA) is 61.4 Å². The second-order valence-electron chi connectivity index (χ2n) is 6.04. The Morgan fingerprint density at radius 1 is 1.29 bits per heavy atom. The first-order valence-electron chi connectivity index (χ1n) is 7.44. The quantitative estimate of drug-likeness (QED) is 0.854. The van der Waals surface area contributed by atoms with Crippen molar-refractivity contribution in [3.8, 4) is 0 Å². The first-order valence-corrected chi connectivity index (χ1v) is 7.44. The number of piperazine rings is 1. The number of nitrogens with one attached hydrogen (secondary N) is 2. The first-order chi connectivity index (χ1) is 10.0. The molecule has 0 spiro atoms. The number of amides is 2. The standard InChI is InChI=1S/C16H21N3O2/c1-10-3-5-12(6-4-10)8-17-13-7-14-15(20)18-11(2)16(21)19(14)9-13/h3-6,11,13-14,17H,7-9H2,1-2H3,(H,18,20)/t11-,13+,14+/m1/s1. The van der Waals surface area contributed by atoms with Crippen molar-refractivity contribution in [1.29, 1.82) is 0 Å². The minimum absolute atomic E-state index is 0.0262. The minimum atomic E-state index is -0.399. The molecule has 21 heavy (non-hydrogen) atoms. The summed E-state index contributed by atoms with van der Waals surface area (Å²) in [4.78, 5) is 25.8. The van der Waals surface area contributed by atoms with Crippen LogP contribution in [0.5, 0.6) is 0 Å². The van der Waals surface area contributed by atoms with Crippen molar-refractivity contribution in [2.45, 2.75) is 44.9 Å². The number of hydrogen-bond donors (Lipinski definition) is 2. The number of benzene rings is 1. The maximum atomic E-state index is 12.1. The number of rotatable bonds is 3. The molecule has 2 heterocycles. The molecule has 2 aliphatic rings. The molecule has 3 rings (SSSR count). The smallest absolute Gasteiger partial charge is 0.245 e. The average molecular weight is 287 g/mol. The van der Waals surface area contributed by atoms with Crippen LogP contribution in [0.2, 0.25) is 0 Å². The van der Waals surface area contributed by atoms with Crippen LogP contribution in [-0.2, 0) is 16.1 Å². The van der Waals surface area contributed by atoms with E-state index < -0.39 is 6.04 Å². The van der Waals surface area contributed by atoms with Gasteiger partial charge in [0, 0.05) is 19.1 Å². The summed E-state index contributed by atoms with van der Waals surface area (Å²) in [5.41, 5.74) is 2.46. The molecule has 2 saturated heterocycles. The molecule has 2 fully saturated rings. The van der Waals surface area contributed by atoms with Gasteiger partial charge in [-0.2, -0.15) is 0 Å². The molecule has 2 amide bonds. The van der Waals surface area contributed by atoms with E-state index in [1.54, 1.807) is 11.8 Å². The van der Waals surface area contributed by atoms with Gasteiger partial charge in [0.15, 0.2) is 0 Å². The molecule has 3 atom stereocenters. The third kappa shape index (κ3) is 2.78. The van der Waals surface area contributed by atoms with Gasteiger partial charge in [-0.1, -0.05) is 29.8 Å². The van der Waals surface area contributed by atoms with Crippen molar-refractivity contribution in [1.82, 2.24) is 15.5 Å². The van der Waals surface area contributed by atoms with Crippen LogP contribution in [0, 0.1) is 6.92 Å². The van der Waals surface area contributed by atoms with Gasteiger partial charge in [0.25, 0.3) is 0 Å². The highest BCUT2D eigenvalue weighted by Gasteiger charge is 2.44. The molecule has 1 aromatic carbocycles. The van der Waals surface area contributed by atoms with E-state index in [1.807, 2.05) is 0 Å². The average Bonchev–Trinajstić information content (AvgIpc) is 2.89. The zero-order chi connectivity index (χ0) is 15.0. The second-order valence-corrected chi connectivity index (χ2v) is 6.04. The Morgan fingerprint density at radius 3 is 2.71 bits per heavy atom. The number of aryl methyl sites for hydroxylation is 1. The van der Waals surface area contributed by atoms with E-state index in [1.165, 1.54) is 11.1 Å². The van der Waals surface area contributed by atoms with E-state index in [2.05, 4.69) is 41.8 Å². The van der Waals surface area contributed by atoms with Crippen LogP contribution in [0.15, 0.2) is 24.3 Å². The fraction of sp³-hybridized carbons (Fsp3) is 0.500. The summed E-state index contributed by atoms with van der Waals surface area (Å²) >= 11 is 0. The Bertz CT molecular complexity index is 555. The second kappa shape index (κ2) is 5.48. The van der Waals surface area contributed by atoms with Gasteiger partial charge in [-0.3, -0.25) is 9.59 Å². The molecule has 2 aliphatic heterocycles. The summed E-state index contributed by atoms with van der Waals surface area (Å²) in [6.45, 7) is 5.19. The zero-order valence-electron chi connectivity index (χ0n) is 12.4. The fourth-order valence-corrected chi connectivity index (χ4v) is 3.06. The summed E-state index contributed by atoms with van der Waals surface area (Å²) in [5, 5.41) is 6.20. The number of fused-ring (bicyclic) bond motifs is 1. The molecular formula is C16H21N3O2. The highest BCUT2D eigenvalue weighted by Crippen LogP contribution is 2.22. The Hall–Kier alpha value is -1.88. The lowest BCUT2D eigenvalue weighted by Crippen LogP contribution is -2.60. The number of carbonyl (C=O) groups excluding carboxylic acids is 2. The van der Waals surface area contributed by atoms with E-state index >= 15 is 0 Å². The van der Waals surface area contributed by atoms with Gasteiger partial charge >= 0.3 is 0 Å². The van der Waals surface area contributed by atoms with Gasteiger partial charge in [-0.15, -0.1) is 0 Å². The minimum Gasteiger partial charge on any atom is -0.343 e. The van der Waals surface area contributed by atoms with E-state index in [-0.39, 0.29) is 23.9 Å². The van der Waals surface area contributed by atoms with Crippen LogP contribution in [0.1, 0.15) is 24.5 Å². The summed E-state index contributed by atoms with van der Waals surface area (Å²) in [7, 11) is 0. The van der Waals surface area contributed by atoms with Crippen LogP contribution >= 0.6 is 0 Å². The van der Waals surface area contributed by atoms with Gasteiger partial charge < -0.3 is 15.5 Å². The van der Waals surface area contributed by atoms with Crippen LogP contribution in [0.25, 0.3) is 0 Å². The van der Waals surface area contributed by atoms with Crippen LogP contribution in [-0.4, -0.2) is 41.4 Å². The summed E-state index contributed by atoms with van der Waals surface area (Å²) in [6.07, 6.45) is 0.691. The lowest BCUT2D eigenvalue weighted by Gasteiger charge is -2.32. The molecule has 2 N–H and O–H groups in total. The Kier molecular flexibility index (Phi) is 3.68. The first kappa shape index (κ1) is 14.1. The predicted molar refractivity (Wildman–Crippen MR) is 79.5 cm³/mol. The third-order valence-electron chi connectivity index (χ3n) is 4.33. The van der Waals surface area contributed by atoms with Crippen LogP contribution in [0.4, 0.5) is 0 Å². The van der Waals surface area contributed by atoms with Gasteiger partial charge in [-0.25, -0.2) is 0 Å². The molecule has 0 bridgehead atoms. The third-order valence-corrected chi connectivity index (χ3v) is 4.33. The highest BCUT2D eigenvalue weighted by atomic mass is 16.2. The van der Waals surface area contributed by atoms with Crippen molar-refractivity contribution in [3.05, 3.63) is 35.4 Å². The molecule has 0 unspecified atom stereocenters. The molecule has 0 radical (unpaired) electrons. The molecule has 5 heteroatoms. The molecular weight excluding hydrogens is 266 g/mol. The summed E-state index contributed by atoms with van der Waals surface area (Å²) in [6, 6.07) is 7.86. The molecule has 112 valence electrons. The van der Waals surface area contributed by atoms with E-state index in [0.717, 1.165) is 6.54 Å². The largest absolute Gasteiger partial charge is 0.343 e. The van der Waals surface area contributed by atoms with Crippen molar-refractivity contribution >= 4 is 11.8 Å². The van der Waals surface area contributed by atoms with Crippen molar-refractivity contribution < 1.29 is 9.59 Å². The fourth-order valence-electron chi connectivity index (χ4n) is 3.06. The van der Waals surface area contributed by atoms with Crippen LogP contribution < -0.4 is 10.6 Å². The molecule has 0 saturated carbocycles.